The normalized spacial score (nSPS) is 14.7. The summed E-state index contributed by atoms with van der Waals surface area (Å²) in [4.78, 5) is 16.7. The van der Waals surface area contributed by atoms with Crippen molar-refractivity contribution in [3.8, 4) is 11.1 Å². The monoisotopic (exact) mass is 462 g/mol. The van der Waals surface area contributed by atoms with Crippen LogP contribution in [-0.2, 0) is 22.6 Å². The number of amides is 1. The smallest absolute Gasteiger partial charge is 0.240 e. The number of aromatic nitrogens is 2. The van der Waals surface area contributed by atoms with Crippen LogP contribution in [0.25, 0.3) is 11.1 Å². The molecule has 1 fully saturated rings. The number of carbonyl (C=O) groups excluding carboxylic acids is 1. The molecule has 1 aliphatic heterocycles. The zero-order chi connectivity index (χ0) is 20.1. The average molecular weight is 463 g/mol. The van der Waals surface area contributed by atoms with Gasteiger partial charge in [-0.05, 0) is 35.1 Å². The summed E-state index contributed by atoms with van der Waals surface area (Å²) >= 11 is 0. The maximum Gasteiger partial charge on any atom is 0.240 e. The number of carbonyl (C=O) groups is 1. The molecule has 166 valence electrons. The second-order valence-electron chi connectivity index (χ2n) is 7.54. The molecular formula is C23H28Cl2N4O2. The first kappa shape index (κ1) is 24.9. The van der Waals surface area contributed by atoms with Crippen molar-refractivity contribution < 1.29 is 9.53 Å². The van der Waals surface area contributed by atoms with Crippen LogP contribution in [0.5, 0.6) is 0 Å². The zero-order valence-electron chi connectivity index (χ0n) is 17.2. The molecule has 0 atom stereocenters. The van der Waals surface area contributed by atoms with Crippen LogP contribution in [-0.4, -0.2) is 34.2 Å². The van der Waals surface area contributed by atoms with Crippen molar-refractivity contribution in [2.75, 3.05) is 13.2 Å². The molecule has 31 heavy (non-hydrogen) atoms. The van der Waals surface area contributed by atoms with Crippen LogP contribution in [0.1, 0.15) is 24.0 Å². The standard InChI is InChI=1S/C23H26N4O2.2ClH/c24-23(9-13-29-14-10-23)22(28)26-15-20-3-1-2-4-21(20)19-7-5-18(6-8-19)16-27-12-11-25-17-27;;/h1-8,11-12,17H,9-10,13-16,24H2,(H,26,28);2*1H. The van der Waals surface area contributed by atoms with E-state index in [0.29, 0.717) is 32.6 Å². The molecule has 6 nitrogen and oxygen atoms in total. The number of nitrogens with one attached hydrogen (secondary N) is 1. The molecule has 3 N–H and O–H groups in total. The third-order valence-electron chi connectivity index (χ3n) is 5.48. The first-order chi connectivity index (χ1) is 14.1. The van der Waals surface area contributed by atoms with Crippen molar-refractivity contribution in [3.05, 3.63) is 78.4 Å². The highest BCUT2D eigenvalue weighted by molar-refractivity contribution is 5.86. The highest BCUT2D eigenvalue weighted by Crippen LogP contribution is 2.25. The van der Waals surface area contributed by atoms with E-state index >= 15 is 0 Å². The number of halogens is 2. The van der Waals surface area contributed by atoms with Gasteiger partial charge >= 0.3 is 0 Å². The first-order valence-electron chi connectivity index (χ1n) is 9.92. The van der Waals surface area contributed by atoms with E-state index in [9.17, 15) is 4.79 Å². The Morgan fingerprint density at radius 2 is 1.81 bits per heavy atom. The Labute approximate surface area is 195 Å². The Bertz CT molecular complexity index is 956. The lowest BCUT2D eigenvalue weighted by atomic mass is 9.90. The quantitative estimate of drug-likeness (QED) is 0.586. The van der Waals surface area contributed by atoms with Crippen LogP contribution in [0.4, 0.5) is 0 Å². The SMILES string of the molecule is Cl.Cl.NC1(C(=O)NCc2ccccc2-c2ccc(Cn3ccnc3)cc2)CCOCC1. The molecule has 0 aliphatic carbocycles. The van der Waals surface area contributed by atoms with E-state index in [1.165, 1.54) is 5.56 Å². The maximum absolute atomic E-state index is 12.6. The Kier molecular flexibility index (Phi) is 9.07. The topological polar surface area (TPSA) is 82.2 Å². The van der Waals surface area contributed by atoms with Gasteiger partial charge in [-0.15, -0.1) is 24.8 Å². The summed E-state index contributed by atoms with van der Waals surface area (Å²) in [6.07, 6.45) is 6.66. The number of imidazole rings is 1. The van der Waals surface area contributed by atoms with E-state index in [1.54, 1.807) is 6.20 Å². The third kappa shape index (κ3) is 6.08. The fourth-order valence-electron chi connectivity index (χ4n) is 3.65. The van der Waals surface area contributed by atoms with Crippen molar-refractivity contribution in [3.63, 3.8) is 0 Å². The van der Waals surface area contributed by atoms with Gasteiger partial charge in [0.1, 0.15) is 0 Å². The fourth-order valence-corrected chi connectivity index (χ4v) is 3.65. The molecule has 2 aromatic carbocycles. The van der Waals surface area contributed by atoms with Crippen molar-refractivity contribution in [1.82, 2.24) is 14.9 Å². The summed E-state index contributed by atoms with van der Waals surface area (Å²) in [5.41, 5.74) is 9.97. The molecule has 0 radical (unpaired) electrons. The number of nitrogens with zero attached hydrogens (tertiary/aromatic N) is 2. The third-order valence-corrected chi connectivity index (χ3v) is 5.48. The van der Waals surface area contributed by atoms with Crippen molar-refractivity contribution in [2.45, 2.75) is 31.5 Å². The fraction of sp³-hybridized carbons (Fsp3) is 0.304. The van der Waals surface area contributed by atoms with Crippen LogP contribution < -0.4 is 11.1 Å². The van der Waals surface area contributed by atoms with E-state index in [-0.39, 0.29) is 30.7 Å². The van der Waals surface area contributed by atoms with Gasteiger partial charge in [0.2, 0.25) is 5.91 Å². The summed E-state index contributed by atoms with van der Waals surface area (Å²) in [6.45, 7) is 2.31. The summed E-state index contributed by atoms with van der Waals surface area (Å²) in [6, 6.07) is 16.6. The van der Waals surface area contributed by atoms with E-state index in [4.69, 9.17) is 10.5 Å². The number of hydrogen-bond acceptors (Lipinski definition) is 4. The molecule has 0 saturated carbocycles. The number of ether oxygens (including phenoxy) is 1. The Morgan fingerprint density at radius 1 is 1.10 bits per heavy atom. The van der Waals surface area contributed by atoms with E-state index < -0.39 is 5.54 Å². The molecule has 3 aromatic rings. The van der Waals surface area contributed by atoms with Gasteiger partial charge in [0, 0.05) is 38.7 Å². The second-order valence-corrected chi connectivity index (χ2v) is 7.54. The molecule has 0 spiro atoms. The highest BCUT2D eigenvalue weighted by Gasteiger charge is 2.35. The molecule has 1 saturated heterocycles. The largest absolute Gasteiger partial charge is 0.381 e. The zero-order valence-corrected chi connectivity index (χ0v) is 18.8. The maximum atomic E-state index is 12.6. The summed E-state index contributed by atoms with van der Waals surface area (Å²) in [5, 5.41) is 3.03. The Balaban J connectivity index is 0.00000171. The van der Waals surface area contributed by atoms with Crippen LogP contribution >= 0.6 is 24.8 Å². The lowest BCUT2D eigenvalue weighted by Crippen LogP contribution is -2.56. The van der Waals surface area contributed by atoms with Gasteiger partial charge in [-0.1, -0.05) is 48.5 Å². The summed E-state index contributed by atoms with van der Waals surface area (Å²) in [5.74, 6) is -0.105. The predicted molar refractivity (Wildman–Crippen MR) is 127 cm³/mol. The minimum absolute atomic E-state index is 0. The van der Waals surface area contributed by atoms with Crippen molar-refractivity contribution in [1.29, 1.82) is 0 Å². The van der Waals surface area contributed by atoms with E-state index in [1.807, 2.05) is 35.3 Å². The molecule has 1 amide bonds. The molecule has 1 aliphatic rings. The number of hydrogen-bond donors (Lipinski definition) is 2. The van der Waals surface area contributed by atoms with Crippen LogP contribution in [0, 0.1) is 0 Å². The van der Waals surface area contributed by atoms with Gasteiger partial charge < -0.3 is 20.4 Å². The minimum atomic E-state index is -0.831. The van der Waals surface area contributed by atoms with Crippen LogP contribution in [0.2, 0.25) is 0 Å². The minimum Gasteiger partial charge on any atom is -0.381 e. The molecule has 2 heterocycles. The highest BCUT2D eigenvalue weighted by atomic mass is 35.5. The van der Waals surface area contributed by atoms with Gasteiger partial charge in [0.05, 0.1) is 11.9 Å². The lowest BCUT2D eigenvalue weighted by molar-refractivity contribution is -0.129. The van der Waals surface area contributed by atoms with E-state index in [0.717, 1.165) is 23.2 Å². The number of benzene rings is 2. The summed E-state index contributed by atoms with van der Waals surface area (Å²) < 4.78 is 7.37. The lowest BCUT2D eigenvalue weighted by Gasteiger charge is -2.31. The van der Waals surface area contributed by atoms with Crippen LogP contribution in [0.3, 0.4) is 0 Å². The number of rotatable bonds is 6. The molecular weight excluding hydrogens is 435 g/mol. The van der Waals surface area contributed by atoms with Crippen molar-refractivity contribution >= 4 is 30.7 Å². The predicted octanol–water partition coefficient (Wildman–Crippen LogP) is 3.57. The van der Waals surface area contributed by atoms with Crippen LogP contribution in [0.15, 0.2) is 67.3 Å². The van der Waals surface area contributed by atoms with Gasteiger partial charge in [0.25, 0.3) is 0 Å². The van der Waals surface area contributed by atoms with Gasteiger partial charge in [-0.2, -0.15) is 0 Å². The van der Waals surface area contributed by atoms with Gasteiger partial charge in [0.15, 0.2) is 0 Å². The molecule has 0 bridgehead atoms. The first-order valence-corrected chi connectivity index (χ1v) is 9.92. The molecule has 0 unspecified atom stereocenters. The van der Waals surface area contributed by atoms with E-state index in [2.05, 4.69) is 40.6 Å². The summed E-state index contributed by atoms with van der Waals surface area (Å²) in [7, 11) is 0. The Morgan fingerprint density at radius 3 is 2.48 bits per heavy atom. The number of nitrogens with two attached hydrogens (primary N) is 1. The average Bonchev–Trinajstić information content (AvgIpc) is 3.26. The molecule has 8 heteroatoms. The molecule has 4 rings (SSSR count). The Hall–Kier alpha value is -2.38. The second kappa shape index (κ2) is 11.3. The van der Waals surface area contributed by atoms with Crippen molar-refractivity contribution in [2.24, 2.45) is 5.73 Å². The van der Waals surface area contributed by atoms with Gasteiger partial charge in [-0.25, -0.2) is 4.98 Å². The van der Waals surface area contributed by atoms with Gasteiger partial charge in [-0.3, -0.25) is 4.79 Å². The molecule has 1 aromatic heterocycles.